The van der Waals surface area contributed by atoms with Crippen LogP contribution in [0.1, 0.15) is 2.74 Å². The molecule has 2 rings (SSSR count). The van der Waals surface area contributed by atoms with Crippen molar-refractivity contribution >= 4 is 0 Å². The molecule has 2 heterocycles. The summed E-state index contributed by atoms with van der Waals surface area (Å²) in [6.45, 7) is -0.332. The Morgan fingerprint density at radius 2 is 2.07 bits per heavy atom. The van der Waals surface area contributed by atoms with E-state index >= 15 is 0 Å². The summed E-state index contributed by atoms with van der Waals surface area (Å²) < 4.78 is 24.4. The molecule has 2 fully saturated rings. The molecular weight excluding hydrogens is 188 g/mol. The van der Waals surface area contributed by atoms with E-state index in [0.717, 1.165) is 0 Å². The third kappa shape index (κ3) is 1.20. The highest BCUT2D eigenvalue weighted by Crippen LogP contribution is 2.44. The Hall–Kier alpha value is -0.200. The Bertz CT molecular complexity index is 250. The van der Waals surface area contributed by atoms with Crippen molar-refractivity contribution in [3.63, 3.8) is 0 Å². The van der Waals surface area contributed by atoms with Crippen molar-refractivity contribution in [3.05, 3.63) is 0 Å². The van der Waals surface area contributed by atoms with Gasteiger partial charge in [-0.2, -0.15) is 0 Å². The lowest BCUT2D eigenvalue weighted by molar-refractivity contribution is -0.0612. The van der Waals surface area contributed by atoms with Gasteiger partial charge in [-0.15, -0.1) is 0 Å². The Balaban J connectivity index is 2.11. The molecule has 2 bridgehead atoms. The largest absolute Gasteiger partial charge is 0.396 e. The van der Waals surface area contributed by atoms with Crippen LogP contribution in [0.5, 0.6) is 0 Å². The molecule has 0 aromatic rings. The fourth-order valence-corrected chi connectivity index (χ4v) is 2.54. The van der Waals surface area contributed by atoms with Gasteiger partial charge in [0, 0.05) is 32.1 Å². The third-order valence-electron chi connectivity index (χ3n) is 3.28. The summed E-state index contributed by atoms with van der Waals surface area (Å²) in [5.74, 6) is -0.609. The summed E-state index contributed by atoms with van der Waals surface area (Å²) in [7, 11) is -1.49. The van der Waals surface area contributed by atoms with Gasteiger partial charge in [0.1, 0.15) is 12.2 Å². The second-order valence-corrected chi connectivity index (χ2v) is 3.85. The van der Waals surface area contributed by atoms with Gasteiger partial charge in [0.2, 0.25) is 0 Å². The number of aliphatic hydroxyl groups excluding tert-OH is 3. The number of ether oxygens (including phenoxy) is 2. The first-order valence-corrected chi connectivity index (χ1v) is 4.65. The molecule has 82 valence electrons. The molecule has 0 saturated carbocycles. The van der Waals surface area contributed by atoms with Crippen LogP contribution in [-0.4, -0.2) is 60.0 Å². The quantitative estimate of drug-likeness (QED) is 0.517. The van der Waals surface area contributed by atoms with Gasteiger partial charge >= 0.3 is 0 Å². The molecule has 5 heteroatoms. The number of rotatable bonds is 3. The van der Waals surface area contributed by atoms with Gasteiger partial charge in [0.05, 0.1) is 14.9 Å². The molecule has 0 aliphatic carbocycles. The van der Waals surface area contributed by atoms with E-state index in [2.05, 4.69) is 0 Å². The van der Waals surface area contributed by atoms with Crippen LogP contribution in [0.15, 0.2) is 0 Å². The van der Waals surface area contributed by atoms with Gasteiger partial charge in [0.15, 0.2) is 0 Å². The molecule has 2 saturated heterocycles. The van der Waals surface area contributed by atoms with Crippen molar-refractivity contribution in [1.29, 1.82) is 0 Å². The highest BCUT2D eigenvalue weighted by Gasteiger charge is 2.59. The lowest BCUT2D eigenvalue weighted by atomic mass is 9.77. The Labute approximate surface area is 85.1 Å². The fraction of sp³-hybridized carbons (Fsp3) is 1.00. The zero-order chi connectivity index (χ0) is 11.9. The van der Waals surface area contributed by atoms with Crippen molar-refractivity contribution in [3.8, 4) is 0 Å². The van der Waals surface area contributed by atoms with Gasteiger partial charge in [-0.3, -0.25) is 0 Å². The van der Waals surface area contributed by atoms with Crippen LogP contribution in [0.4, 0.5) is 0 Å². The van der Waals surface area contributed by atoms with Crippen LogP contribution in [0.3, 0.4) is 0 Å². The molecule has 3 N–H and O–H groups in total. The van der Waals surface area contributed by atoms with Crippen LogP contribution >= 0.6 is 0 Å². The summed E-state index contributed by atoms with van der Waals surface area (Å²) in [5, 5.41) is 28.2. The standard InChI is InChI=1S/C9H16O5/c1-13-9-6(12)7-4(2-10)5(3-11)8(9)14-7/h4-12H,2-3H2,1H3/t4?,5?,6?,7?,8-,9-/m0/s1/i1TD/t1?,4?,5?,6?,7?,8-,9-. The van der Waals surface area contributed by atoms with Crippen LogP contribution in [-0.2, 0) is 9.47 Å². The second kappa shape index (κ2) is 3.75. The molecule has 7 atom stereocenters. The molecule has 14 heavy (non-hydrogen) atoms. The SMILES string of the molecule is [2H]C([3H])O[C@H]1C(O)C2O[C@H]1C(CO)C2CO. The molecule has 0 aromatic carbocycles. The monoisotopic (exact) mass is 207 g/mol. The zero-order valence-electron chi connectivity index (χ0n) is 9.61. The van der Waals surface area contributed by atoms with Crippen LogP contribution in [0, 0.1) is 11.8 Å². The van der Waals surface area contributed by atoms with Crippen molar-refractivity contribution in [1.82, 2.24) is 0 Å². The van der Waals surface area contributed by atoms with Gasteiger partial charge in [-0.25, -0.2) is 0 Å². The number of hydrogen-bond acceptors (Lipinski definition) is 5. The maximum absolute atomic E-state index is 9.83. The summed E-state index contributed by atoms with van der Waals surface area (Å²) in [4.78, 5) is 0. The van der Waals surface area contributed by atoms with Gasteiger partial charge in [0.25, 0.3) is 0 Å². The Kier molecular flexibility index (Phi) is 2.15. The molecule has 2 aliphatic rings. The molecule has 0 amide bonds. The van der Waals surface area contributed by atoms with E-state index in [1.54, 1.807) is 0 Å². The molecule has 0 spiro atoms. The van der Waals surface area contributed by atoms with E-state index in [1.807, 2.05) is 0 Å². The maximum Gasteiger partial charge on any atom is 0.112 e. The lowest BCUT2D eigenvalue weighted by Crippen LogP contribution is -2.49. The highest BCUT2D eigenvalue weighted by molar-refractivity contribution is 5.06. The number of methoxy groups -OCH3 is 1. The van der Waals surface area contributed by atoms with Gasteiger partial charge < -0.3 is 24.8 Å². The predicted octanol–water partition coefficient (Wildman–Crippen LogP) is -1.64. The first-order valence-electron chi connectivity index (χ1n) is 5.80. The van der Waals surface area contributed by atoms with Crippen LogP contribution < -0.4 is 0 Å². The van der Waals surface area contributed by atoms with Crippen molar-refractivity contribution in [2.75, 3.05) is 20.3 Å². The molecule has 5 nitrogen and oxygen atoms in total. The summed E-state index contributed by atoms with van der Waals surface area (Å²) in [6.07, 6.45) is -2.82. The molecule has 2 aliphatic heterocycles. The minimum absolute atomic E-state index is 0.165. The molecule has 5 unspecified atom stereocenters. The fourth-order valence-electron chi connectivity index (χ4n) is 2.54. The molecule has 0 aromatic heterocycles. The average Bonchev–Trinajstić information content (AvgIpc) is 2.74. The zero-order valence-corrected chi connectivity index (χ0v) is 7.61. The topological polar surface area (TPSA) is 79.2 Å². The maximum atomic E-state index is 9.83. The van der Waals surface area contributed by atoms with Crippen molar-refractivity contribution < 1.29 is 27.5 Å². The number of fused-ring (bicyclic) bond motifs is 2. The number of aliphatic hydroxyl groups is 3. The lowest BCUT2D eigenvalue weighted by Gasteiger charge is -2.32. The minimum Gasteiger partial charge on any atom is -0.396 e. The van der Waals surface area contributed by atoms with E-state index in [0.29, 0.717) is 0 Å². The minimum atomic E-state index is -1.49. The Morgan fingerprint density at radius 3 is 2.64 bits per heavy atom. The summed E-state index contributed by atoms with van der Waals surface area (Å²) in [5.41, 5.74) is 0. The van der Waals surface area contributed by atoms with E-state index in [-0.39, 0.29) is 25.0 Å². The van der Waals surface area contributed by atoms with Crippen LogP contribution in [0.25, 0.3) is 0 Å². The van der Waals surface area contributed by atoms with Crippen molar-refractivity contribution in [2.24, 2.45) is 11.8 Å². The molecular formula is C9H16O5. The number of hydrogen-bond donors (Lipinski definition) is 3. The Morgan fingerprint density at radius 1 is 1.43 bits per heavy atom. The van der Waals surface area contributed by atoms with E-state index in [9.17, 15) is 10.2 Å². The van der Waals surface area contributed by atoms with Gasteiger partial charge in [-0.1, -0.05) is 0 Å². The second-order valence-electron chi connectivity index (χ2n) is 3.85. The highest BCUT2D eigenvalue weighted by atomic mass is 16.6. The van der Waals surface area contributed by atoms with E-state index in [4.69, 9.17) is 17.3 Å². The first-order chi connectivity index (χ1) is 7.60. The van der Waals surface area contributed by atoms with Gasteiger partial charge in [-0.05, 0) is 0 Å². The van der Waals surface area contributed by atoms with E-state index < -0.39 is 31.5 Å². The van der Waals surface area contributed by atoms with Crippen molar-refractivity contribution in [2.45, 2.75) is 24.4 Å². The average molecular weight is 207 g/mol. The van der Waals surface area contributed by atoms with Crippen LogP contribution in [0.2, 0.25) is 0 Å². The molecule has 0 radical (unpaired) electrons. The smallest absolute Gasteiger partial charge is 0.112 e. The summed E-state index contributed by atoms with van der Waals surface area (Å²) >= 11 is 0. The first kappa shape index (κ1) is 8.01. The third-order valence-corrected chi connectivity index (χ3v) is 3.28. The predicted molar refractivity (Wildman–Crippen MR) is 46.6 cm³/mol. The summed E-state index contributed by atoms with van der Waals surface area (Å²) in [6, 6.07) is 0. The van der Waals surface area contributed by atoms with E-state index in [1.165, 1.54) is 0 Å². The normalized spacial score (nSPS) is 55.6.